The van der Waals surface area contributed by atoms with Gasteiger partial charge in [-0.3, -0.25) is 9.59 Å². The van der Waals surface area contributed by atoms with E-state index in [0.29, 0.717) is 13.1 Å². The Hall–Kier alpha value is -2.04. The molecule has 1 saturated heterocycles. The van der Waals surface area contributed by atoms with Crippen molar-refractivity contribution in [1.82, 2.24) is 10.2 Å². The first kappa shape index (κ1) is 17.3. The van der Waals surface area contributed by atoms with Gasteiger partial charge in [-0.2, -0.15) is 0 Å². The number of aryl methyl sites for hydroxylation is 1. The van der Waals surface area contributed by atoms with Crippen molar-refractivity contribution in [2.75, 3.05) is 19.7 Å². The number of nitrogens with zero attached hydrogens (tertiary/aromatic N) is 1. The molecule has 0 spiro atoms. The Morgan fingerprint density at radius 1 is 1.26 bits per heavy atom. The SMILES string of the molecule is Cc1ccccc1OCC(=O)N1CCC(NC(=O)C(C)C)CC1. The van der Waals surface area contributed by atoms with Crippen LogP contribution < -0.4 is 10.1 Å². The number of likely N-dealkylation sites (tertiary alicyclic amines) is 1. The summed E-state index contributed by atoms with van der Waals surface area (Å²) < 4.78 is 5.61. The van der Waals surface area contributed by atoms with Gasteiger partial charge in [0.05, 0.1) is 0 Å². The van der Waals surface area contributed by atoms with Gasteiger partial charge < -0.3 is 15.0 Å². The van der Waals surface area contributed by atoms with E-state index in [9.17, 15) is 9.59 Å². The van der Waals surface area contributed by atoms with E-state index in [4.69, 9.17) is 4.74 Å². The fourth-order valence-corrected chi connectivity index (χ4v) is 2.59. The number of ether oxygens (including phenoxy) is 1. The third kappa shape index (κ3) is 4.98. The van der Waals surface area contributed by atoms with E-state index in [-0.39, 0.29) is 30.4 Å². The standard InChI is InChI=1S/C18H26N2O3/c1-13(2)18(22)19-15-8-10-20(11-9-15)17(21)12-23-16-7-5-4-6-14(16)3/h4-7,13,15H,8-12H2,1-3H3,(H,19,22). The van der Waals surface area contributed by atoms with Crippen LogP contribution >= 0.6 is 0 Å². The van der Waals surface area contributed by atoms with Crippen LogP contribution in [0.1, 0.15) is 32.3 Å². The molecule has 2 amide bonds. The predicted molar refractivity (Wildman–Crippen MR) is 89.3 cm³/mol. The Bertz CT molecular complexity index is 549. The largest absolute Gasteiger partial charge is 0.484 e. The normalized spacial score (nSPS) is 15.6. The summed E-state index contributed by atoms with van der Waals surface area (Å²) in [4.78, 5) is 25.8. The van der Waals surface area contributed by atoms with Crippen molar-refractivity contribution < 1.29 is 14.3 Å². The van der Waals surface area contributed by atoms with Gasteiger partial charge in [-0.1, -0.05) is 32.0 Å². The molecule has 1 fully saturated rings. The highest BCUT2D eigenvalue weighted by atomic mass is 16.5. The van der Waals surface area contributed by atoms with Crippen LogP contribution in [0.4, 0.5) is 0 Å². The minimum absolute atomic E-state index is 0.00175. The smallest absolute Gasteiger partial charge is 0.260 e. The van der Waals surface area contributed by atoms with E-state index in [2.05, 4.69) is 5.32 Å². The van der Waals surface area contributed by atoms with Gasteiger partial charge in [0.25, 0.3) is 5.91 Å². The van der Waals surface area contributed by atoms with Crippen LogP contribution in [0.2, 0.25) is 0 Å². The van der Waals surface area contributed by atoms with Crippen molar-refractivity contribution in [2.24, 2.45) is 5.92 Å². The fourth-order valence-electron chi connectivity index (χ4n) is 2.59. The first-order valence-corrected chi connectivity index (χ1v) is 8.24. The molecule has 0 radical (unpaired) electrons. The van der Waals surface area contributed by atoms with Gasteiger partial charge in [-0.15, -0.1) is 0 Å². The Morgan fingerprint density at radius 3 is 2.52 bits per heavy atom. The molecule has 0 saturated carbocycles. The molecule has 2 rings (SSSR count). The third-order valence-corrected chi connectivity index (χ3v) is 4.16. The van der Waals surface area contributed by atoms with Crippen LogP contribution in [0.15, 0.2) is 24.3 Å². The highest BCUT2D eigenvalue weighted by Crippen LogP contribution is 2.17. The molecule has 0 unspecified atom stereocenters. The summed E-state index contributed by atoms with van der Waals surface area (Å²) in [6.45, 7) is 7.13. The number of hydrogen-bond acceptors (Lipinski definition) is 3. The monoisotopic (exact) mass is 318 g/mol. The molecule has 1 aromatic rings. The second kappa shape index (κ2) is 7.99. The zero-order valence-electron chi connectivity index (χ0n) is 14.2. The summed E-state index contributed by atoms with van der Waals surface area (Å²) >= 11 is 0. The molecule has 1 aliphatic heterocycles. The molecular weight excluding hydrogens is 292 g/mol. The first-order valence-electron chi connectivity index (χ1n) is 8.24. The van der Waals surface area contributed by atoms with Crippen molar-refractivity contribution >= 4 is 11.8 Å². The van der Waals surface area contributed by atoms with Gasteiger partial charge in [-0.25, -0.2) is 0 Å². The Kier molecular flexibility index (Phi) is 6.02. The summed E-state index contributed by atoms with van der Waals surface area (Å²) in [7, 11) is 0. The molecular formula is C18H26N2O3. The molecule has 1 aliphatic rings. The molecule has 0 aromatic heterocycles. The lowest BCUT2D eigenvalue weighted by atomic mass is 10.0. The minimum Gasteiger partial charge on any atom is -0.484 e. The average Bonchev–Trinajstić information content (AvgIpc) is 2.54. The van der Waals surface area contributed by atoms with E-state index in [1.807, 2.05) is 49.9 Å². The van der Waals surface area contributed by atoms with Crippen LogP contribution in [-0.2, 0) is 9.59 Å². The van der Waals surface area contributed by atoms with Gasteiger partial charge in [0, 0.05) is 25.0 Å². The van der Waals surface area contributed by atoms with Crippen molar-refractivity contribution in [3.05, 3.63) is 29.8 Å². The fraction of sp³-hybridized carbons (Fsp3) is 0.556. The Labute approximate surface area is 138 Å². The maximum atomic E-state index is 12.2. The van der Waals surface area contributed by atoms with Gasteiger partial charge in [0.15, 0.2) is 6.61 Å². The first-order chi connectivity index (χ1) is 11.0. The predicted octanol–water partition coefficient (Wildman–Crippen LogP) is 2.14. The summed E-state index contributed by atoms with van der Waals surface area (Å²) in [6.07, 6.45) is 1.60. The summed E-state index contributed by atoms with van der Waals surface area (Å²) in [5.41, 5.74) is 1.02. The lowest BCUT2D eigenvalue weighted by Crippen LogP contribution is -2.48. The number of rotatable bonds is 5. The van der Waals surface area contributed by atoms with Crippen LogP contribution in [0.25, 0.3) is 0 Å². The van der Waals surface area contributed by atoms with Gasteiger partial charge in [-0.05, 0) is 31.4 Å². The molecule has 0 bridgehead atoms. The highest BCUT2D eigenvalue weighted by Gasteiger charge is 2.24. The number of hydrogen-bond donors (Lipinski definition) is 1. The second-order valence-corrected chi connectivity index (χ2v) is 6.37. The quantitative estimate of drug-likeness (QED) is 0.905. The van der Waals surface area contributed by atoms with E-state index >= 15 is 0 Å². The van der Waals surface area contributed by atoms with Crippen molar-refractivity contribution in [2.45, 2.75) is 39.7 Å². The van der Waals surface area contributed by atoms with Gasteiger partial charge in [0.2, 0.25) is 5.91 Å². The second-order valence-electron chi connectivity index (χ2n) is 6.37. The van der Waals surface area contributed by atoms with Crippen molar-refractivity contribution in [1.29, 1.82) is 0 Å². The number of carbonyl (C=O) groups is 2. The molecule has 1 N–H and O–H groups in total. The van der Waals surface area contributed by atoms with E-state index in [1.165, 1.54) is 0 Å². The topological polar surface area (TPSA) is 58.6 Å². The average molecular weight is 318 g/mol. The highest BCUT2D eigenvalue weighted by molar-refractivity contribution is 5.79. The Morgan fingerprint density at radius 2 is 1.91 bits per heavy atom. The van der Waals surface area contributed by atoms with Crippen LogP contribution in [0.3, 0.4) is 0 Å². The van der Waals surface area contributed by atoms with Crippen LogP contribution in [0, 0.1) is 12.8 Å². The lowest BCUT2D eigenvalue weighted by Gasteiger charge is -2.32. The molecule has 5 heteroatoms. The number of nitrogens with one attached hydrogen (secondary N) is 1. The zero-order chi connectivity index (χ0) is 16.8. The summed E-state index contributed by atoms with van der Waals surface area (Å²) in [5.74, 6) is 0.830. The maximum absolute atomic E-state index is 12.2. The number of benzene rings is 1. The zero-order valence-corrected chi connectivity index (χ0v) is 14.2. The minimum atomic E-state index is -0.00262. The summed E-state index contributed by atoms with van der Waals surface area (Å²) in [6, 6.07) is 7.85. The van der Waals surface area contributed by atoms with Gasteiger partial charge >= 0.3 is 0 Å². The van der Waals surface area contributed by atoms with Crippen molar-refractivity contribution in [3.63, 3.8) is 0 Å². The Balaban J connectivity index is 1.75. The van der Waals surface area contributed by atoms with Crippen molar-refractivity contribution in [3.8, 4) is 5.75 Å². The van der Waals surface area contributed by atoms with Crippen LogP contribution in [0.5, 0.6) is 5.75 Å². The molecule has 0 aliphatic carbocycles. The number of para-hydroxylation sites is 1. The molecule has 126 valence electrons. The maximum Gasteiger partial charge on any atom is 0.260 e. The molecule has 1 heterocycles. The molecule has 5 nitrogen and oxygen atoms in total. The third-order valence-electron chi connectivity index (χ3n) is 4.16. The van der Waals surface area contributed by atoms with E-state index in [0.717, 1.165) is 24.2 Å². The van der Waals surface area contributed by atoms with Gasteiger partial charge in [0.1, 0.15) is 5.75 Å². The number of carbonyl (C=O) groups excluding carboxylic acids is 2. The molecule has 0 atom stereocenters. The van der Waals surface area contributed by atoms with E-state index in [1.54, 1.807) is 0 Å². The summed E-state index contributed by atoms with van der Waals surface area (Å²) in [5, 5.41) is 3.03. The number of piperidine rings is 1. The molecule has 23 heavy (non-hydrogen) atoms. The van der Waals surface area contributed by atoms with E-state index < -0.39 is 0 Å². The molecule has 1 aromatic carbocycles. The lowest BCUT2D eigenvalue weighted by molar-refractivity contribution is -0.134. The van der Waals surface area contributed by atoms with Crippen LogP contribution in [-0.4, -0.2) is 42.5 Å². The number of amides is 2.